The van der Waals surface area contributed by atoms with Gasteiger partial charge in [0, 0.05) is 31.4 Å². The van der Waals surface area contributed by atoms with Crippen molar-refractivity contribution in [3.63, 3.8) is 0 Å². The Hall–Kier alpha value is -2.98. The van der Waals surface area contributed by atoms with E-state index in [1.165, 1.54) is 0 Å². The van der Waals surface area contributed by atoms with E-state index in [1.807, 2.05) is 79.0 Å². The molecule has 3 aromatic rings. The van der Waals surface area contributed by atoms with Crippen molar-refractivity contribution in [2.75, 3.05) is 19.6 Å². The van der Waals surface area contributed by atoms with E-state index in [0.29, 0.717) is 0 Å². The van der Waals surface area contributed by atoms with Gasteiger partial charge in [-0.15, -0.1) is 0 Å². The van der Waals surface area contributed by atoms with Gasteiger partial charge in [0.05, 0.1) is 0 Å². The SMILES string of the molecule is NC(=O)C(c1ccccc1)(c1ccccc1)C1CCN(CCc2ccccn2)C1. The van der Waals surface area contributed by atoms with E-state index >= 15 is 0 Å². The summed E-state index contributed by atoms with van der Waals surface area (Å²) in [5.41, 5.74) is 8.41. The number of nitrogens with zero attached hydrogens (tertiary/aromatic N) is 2. The highest BCUT2D eigenvalue weighted by Gasteiger charge is 2.49. The molecule has 1 fully saturated rings. The number of primary amides is 1. The summed E-state index contributed by atoms with van der Waals surface area (Å²) in [6, 6.07) is 26.1. The molecule has 4 heteroatoms. The number of hydrogen-bond acceptors (Lipinski definition) is 3. The van der Waals surface area contributed by atoms with Gasteiger partial charge in [-0.25, -0.2) is 0 Å². The van der Waals surface area contributed by atoms with E-state index in [1.54, 1.807) is 0 Å². The predicted octanol–water partition coefficient (Wildman–Crippen LogP) is 3.42. The average molecular weight is 386 g/mol. The molecule has 0 spiro atoms. The highest BCUT2D eigenvalue weighted by Crippen LogP contribution is 2.43. The number of benzene rings is 2. The molecule has 0 bridgehead atoms. The van der Waals surface area contributed by atoms with Gasteiger partial charge in [-0.2, -0.15) is 0 Å². The van der Waals surface area contributed by atoms with Crippen molar-refractivity contribution in [3.05, 3.63) is 102 Å². The third-order valence-electron chi connectivity index (χ3n) is 6.14. The molecule has 1 saturated heterocycles. The first-order valence-electron chi connectivity index (χ1n) is 10.2. The van der Waals surface area contributed by atoms with E-state index in [-0.39, 0.29) is 11.8 Å². The fourth-order valence-electron chi connectivity index (χ4n) is 4.73. The number of aromatic nitrogens is 1. The maximum Gasteiger partial charge on any atom is 0.232 e. The van der Waals surface area contributed by atoms with Crippen LogP contribution >= 0.6 is 0 Å². The molecule has 0 radical (unpaired) electrons. The van der Waals surface area contributed by atoms with Crippen molar-refractivity contribution < 1.29 is 4.79 Å². The topological polar surface area (TPSA) is 59.2 Å². The van der Waals surface area contributed by atoms with Gasteiger partial charge >= 0.3 is 0 Å². The quantitative estimate of drug-likeness (QED) is 0.678. The molecule has 0 saturated carbocycles. The number of likely N-dealkylation sites (tertiary alicyclic amines) is 1. The highest BCUT2D eigenvalue weighted by atomic mass is 16.1. The number of amides is 1. The second-order valence-corrected chi connectivity index (χ2v) is 7.76. The molecule has 1 aliphatic heterocycles. The van der Waals surface area contributed by atoms with E-state index in [4.69, 9.17) is 5.73 Å². The largest absolute Gasteiger partial charge is 0.369 e. The van der Waals surface area contributed by atoms with Gasteiger partial charge in [0.2, 0.25) is 5.91 Å². The molecule has 1 atom stereocenters. The molecule has 1 unspecified atom stereocenters. The Bertz CT molecular complexity index is 889. The molecule has 0 aliphatic carbocycles. The van der Waals surface area contributed by atoms with Crippen molar-refractivity contribution in [3.8, 4) is 0 Å². The Morgan fingerprint density at radius 1 is 0.966 bits per heavy atom. The van der Waals surface area contributed by atoms with Crippen LogP contribution in [0.4, 0.5) is 0 Å². The zero-order chi connectivity index (χ0) is 20.1. The summed E-state index contributed by atoms with van der Waals surface area (Å²) >= 11 is 0. The second-order valence-electron chi connectivity index (χ2n) is 7.76. The van der Waals surface area contributed by atoms with Crippen molar-refractivity contribution in [1.82, 2.24) is 9.88 Å². The van der Waals surface area contributed by atoms with Crippen LogP contribution in [0, 0.1) is 5.92 Å². The third kappa shape index (κ3) is 3.81. The Labute approximate surface area is 172 Å². The lowest BCUT2D eigenvalue weighted by atomic mass is 9.64. The van der Waals surface area contributed by atoms with Crippen LogP contribution in [0.3, 0.4) is 0 Å². The van der Waals surface area contributed by atoms with Crippen LogP contribution in [-0.2, 0) is 16.6 Å². The van der Waals surface area contributed by atoms with Gasteiger partial charge in [0.25, 0.3) is 0 Å². The molecule has 4 nitrogen and oxygen atoms in total. The highest BCUT2D eigenvalue weighted by molar-refractivity contribution is 5.91. The lowest BCUT2D eigenvalue weighted by Gasteiger charge is -2.37. The number of rotatable bonds is 7. The molecule has 148 valence electrons. The van der Waals surface area contributed by atoms with E-state index in [0.717, 1.165) is 49.3 Å². The Balaban J connectivity index is 1.63. The van der Waals surface area contributed by atoms with Crippen molar-refractivity contribution >= 4 is 5.91 Å². The minimum Gasteiger partial charge on any atom is -0.369 e. The van der Waals surface area contributed by atoms with Crippen molar-refractivity contribution in [1.29, 1.82) is 0 Å². The van der Waals surface area contributed by atoms with Crippen LogP contribution in [0.25, 0.3) is 0 Å². The standard InChI is InChI=1S/C25H27N3O/c26-24(29)25(20-9-3-1-4-10-20,21-11-5-2-6-12-21)22-14-17-28(19-22)18-15-23-13-7-8-16-27-23/h1-13,16,22H,14-15,17-19H2,(H2,26,29). The molecule has 2 N–H and O–H groups in total. The lowest BCUT2D eigenvalue weighted by molar-refractivity contribution is -0.123. The summed E-state index contributed by atoms with van der Waals surface area (Å²) in [6.45, 7) is 2.75. The summed E-state index contributed by atoms with van der Waals surface area (Å²) in [6.07, 6.45) is 3.69. The van der Waals surface area contributed by atoms with Gasteiger partial charge in [0.15, 0.2) is 0 Å². The average Bonchev–Trinajstić information content (AvgIpc) is 3.24. The fourth-order valence-corrected chi connectivity index (χ4v) is 4.73. The van der Waals surface area contributed by atoms with E-state index in [9.17, 15) is 4.79 Å². The van der Waals surface area contributed by atoms with Crippen LogP contribution in [0.2, 0.25) is 0 Å². The molecule has 2 aromatic carbocycles. The summed E-state index contributed by atoms with van der Waals surface area (Å²) in [4.78, 5) is 20.0. The molecule has 4 rings (SSSR count). The van der Waals surface area contributed by atoms with Gasteiger partial charge in [-0.3, -0.25) is 9.78 Å². The maximum absolute atomic E-state index is 13.1. The van der Waals surface area contributed by atoms with Crippen molar-refractivity contribution in [2.45, 2.75) is 18.3 Å². The van der Waals surface area contributed by atoms with Crippen LogP contribution in [0.15, 0.2) is 85.1 Å². The number of carbonyl (C=O) groups is 1. The minimum absolute atomic E-state index is 0.133. The minimum atomic E-state index is -0.817. The van der Waals surface area contributed by atoms with Crippen LogP contribution in [-0.4, -0.2) is 35.4 Å². The zero-order valence-corrected chi connectivity index (χ0v) is 16.6. The van der Waals surface area contributed by atoms with Gasteiger partial charge in [-0.1, -0.05) is 66.7 Å². The zero-order valence-electron chi connectivity index (χ0n) is 16.6. The fraction of sp³-hybridized carbons (Fsp3) is 0.280. The van der Waals surface area contributed by atoms with Crippen LogP contribution < -0.4 is 5.73 Å². The Morgan fingerprint density at radius 2 is 1.59 bits per heavy atom. The lowest BCUT2D eigenvalue weighted by Crippen LogP contribution is -2.49. The molecule has 1 aromatic heterocycles. The summed E-state index contributed by atoms with van der Waals surface area (Å²) in [7, 11) is 0. The van der Waals surface area contributed by atoms with Gasteiger partial charge < -0.3 is 10.6 Å². The van der Waals surface area contributed by atoms with Crippen LogP contribution in [0.1, 0.15) is 23.2 Å². The smallest absolute Gasteiger partial charge is 0.232 e. The maximum atomic E-state index is 13.1. The Kier molecular flexibility index (Phi) is 5.72. The van der Waals surface area contributed by atoms with Gasteiger partial charge in [0.1, 0.15) is 5.41 Å². The van der Waals surface area contributed by atoms with Crippen LogP contribution in [0.5, 0.6) is 0 Å². The predicted molar refractivity (Wildman–Crippen MR) is 115 cm³/mol. The molecular formula is C25H27N3O. The first-order chi connectivity index (χ1) is 14.2. The molecule has 29 heavy (non-hydrogen) atoms. The number of pyridine rings is 1. The number of carbonyl (C=O) groups excluding carboxylic acids is 1. The van der Waals surface area contributed by atoms with Crippen molar-refractivity contribution in [2.24, 2.45) is 11.7 Å². The van der Waals surface area contributed by atoms with E-state index < -0.39 is 5.41 Å². The first-order valence-corrected chi connectivity index (χ1v) is 10.2. The molecule has 2 heterocycles. The monoisotopic (exact) mass is 385 g/mol. The number of hydrogen-bond donors (Lipinski definition) is 1. The third-order valence-corrected chi connectivity index (χ3v) is 6.14. The number of nitrogens with two attached hydrogens (primary N) is 1. The second kappa shape index (κ2) is 8.58. The molecule has 1 amide bonds. The normalized spacial score (nSPS) is 17.3. The first kappa shape index (κ1) is 19.3. The van der Waals surface area contributed by atoms with E-state index in [2.05, 4.69) is 16.0 Å². The van der Waals surface area contributed by atoms with Gasteiger partial charge in [-0.05, 0) is 42.1 Å². The molecule has 1 aliphatic rings. The molecular weight excluding hydrogens is 358 g/mol. The summed E-state index contributed by atoms with van der Waals surface area (Å²) < 4.78 is 0. The summed E-state index contributed by atoms with van der Waals surface area (Å²) in [5, 5.41) is 0. The Morgan fingerprint density at radius 3 is 2.14 bits per heavy atom. The summed E-state index contributed by atoms with van der Waals surface area (Å²) in [5.74, 6) is -0.139.